The molecule has 0 aromatic heterocycles. The van der Waals surface area contributed by atoms with E-state index in [1.165, 1.54) is 0 Å². The van der Waals surface area contributed by atoms with Crippen molar-refractivity contribution in [2.24, 2.45) is 0 Å². The van der Waals surface area contributed by atoms with Crippen molar-refractivity contribution >= 4 is 5.97 Å². The lowest BCUT2D eigenvalue weighted by Gasteiger charge is -2.10. The average molecular weight is 237 g/mol. The highest BCUT2D eigenvalue weighted by Crippen LogP contribution is 2.12. The maximum atomic E-state index is 10.6. The Bertz CT molecular complexity index is 348. The SMILES string of the molecule is CCCOc1ccc(CNC(C)C(=O)O)cc1. The lowest BCUT2D eigenvalue weighted by atomic mass is 10.2. The van der Waals surface area contributed by atoms with Crippen molar-refractivity contribution in [1.29, 1.82) is 0 Å². The van der Waals surface area contributed by atoms with Crippen molar-refractivity contribution in [1.82, 2.24) is 5.32 Å². The van der Waals surface area contributed by atoms with Gasteiger partial charge in [0.2, 0.25) is 0 Å². The molecule has 0 saturated heterocycles. The van der Waals surface area contributed by atoms with Crippen LogP contribution in [0, 0.1) is 0 Å². The third-order valence-corrected chi connectivity index (χ3v) is 2.38. The summed E-state index contributed by atoms with van der Waals surface area (Å²) in [5.74, 6) is 0.00906. The summed E-state index contributed by atoms with van der Waals surface area (Å²) in [5.41, 5.74) is 1.04. The second-order valence-electron chi connectivity index (χ2n) is 3.93. The summed E-state index contributed by atoms with van der Waals surface area (Å²) < 4.78 is 5.46. The van der Waals surface area contributed by atoms with Gasteiger partial charge in [-0.2, -0.15) is 0 Å². The lowest BCUT2D eigenvalue weighted by Crippen LogP contribution is -2.33. The molecule has 4 heteroatoms. The molecular weight excluding hydrogens is 218 g/mol. The van der Waals surface area contributed by atoms with Crippen LogP contribution in [0.5, 0.6) is 5.75 Å². The van der Waals surface area contributed by atoms with Crippen LogP contribution in [0.3, 0.4) is 0 Å². The van der Waals surface area contributed by atoms with Crippen molar-refractivity contribution in [2.45, 2.75) is 32.9 Å². The number of carbonyl (C=O) groups is 1. The summed E-state index contributed by atoms with van der Waals surface area (Å²) in [4.78, 5) is 10.6. The van der Waals surface area contributed by atoms with Gasteiger partial charge < -0.3 is 15.2 Å². The first kappa shape index (κ1) is 13.5. The van der Waals surface area contributed by atoms with Gasteiger partial charge in [-0.25, -0.2) is 0 Å². The van der Waals surface area contributed by atoms with Gasteiger partial charge in [-0.05, 0) is 31.0 Å². The Hall–Kier alpha value is -1.55. The maximum absolute atomic E-state index is 10.6. The van der Waals surface area contributed by atoms with Crippen LogP contribution in [0.15, 0.2) is 24.3 Å². The largest absolute Gasteiger partial charge is 0.494 e. The number of carboxylic acid groups (broad SMARTS) is 1. The second-order valence-corrected chi connectivity index (χ2v) is 3.93. The second kappa shape index (κ2) is 6.91. The molecule has 0 aliphatic heterocycles. The van der Waals surface area contributed by atoms with Crippen LogP contribution in [0.1, 0.15) is 25.8 Å². The molecule has 0 aliphatic rings. The zero-order valence-corrected chi connectivity index (χ0v) is 10.3. The monoisotopic (exact) mass is 237 g/mol. The number of nitrogens with one attached hydrogen (secondary N) is 1. The third-order valence-electron chi connectivity index (χ3n) is 2.38. The molecule has 1 aromatic rings. The third kappa shape index (κ3) is 4.87. The molecule has 2 N–H and O–H groups in total. The molecule has 1 unspecified atom stereocenters. The number of aliphatic carboxylic acids is 1. The molecule has 1 aromatic carbocycles. The van der Waals surface area contributed by atoms with Gasteiger partial charge >= 0.3 is 5.97 Å². The van der Waals surface area contributed by atoms with Crippen LogP contribution in [0.2, 0.25) is 0 Å². The Morgan fingerprint density at radius 2 is 2.06 bits per heavy atom. The molecule has 4 nitrogen and oxygen atoms in total. The minimum Gasteiger partial charge on any atom is -0.494 e. The minimum atomic E-state index is -0.840. The smallest absolute Gasteiger partial charge is 0.320 e. The highest BCUT2D eigenvalue weighted by molar-refractivity contribution is 5.72. The predicted octanol–water partition coefficient (Wildman–Crippen LogP) is 2.04. The number of hydrogen-bond donors (Lipinski definition) is 2. The highest BCUT2D eigenvalue weighted by Gasteiger charge is 2.08. The van der Waals surface area contributed by atoms with E-state index >= 15 is 0 Å². The van der Waals surface area contributed by atoms with Gasteiger partial charge in [0.15, 0.2) is 0 Å². The Labute approximate surface area is 102 Å². The summed E-state index contributed by atoms with van der Waals surface area (Å²) in [7, 11) is 0. The molecule has 1 atom stereocenters. The van der Waals surface area contributed by atoms with Crippen molar-refractivity contribution in [2.75, 3.05) is 6.61 Å². The van der Waals surface area contributed by atoms with Gasteiger partial charge in [0.1, 0.15) is 11.8 Å². The van der Waals surface area contributed by atoms with Crippen LogP contribution < -0.4 is 10.1 Å². The van der Waals surface area contributed by atoms with Crippen molar-refractivity contribution in [3.05, 3.63) is 29.8 Å². The van der Waals surface area contributed by atoms with Gasteiger partial charge in [-0.15, -0.1) is 0 Å². The number of ether oxygens (including phenoxy) is 1. The average Bonchev–Trinajstić information content (AvgIpc) is 2.34. The number of benzene rings is 1. The fraction of sp³-hybridized carbons (Fsp3) is 0.462. The number of hydrogen-bond acceptors (Lipinski definition) is 3. The quantitative estimate of drug-likeness (QED) is 0.762. The van der Waals surface area contributed by atoms with Crippen LogP contribution in [-0.2, 0) is 11.3 Å². The number of rotatable bonds is 7. The Morgan fingerprint density at radius 1 is 1.41 bits per heavy atom. The van der Waals surface area contributed by atoms with E-state index in [1.807, 2.05) is 24.3 Å². The predicted molar refractivity (Wildman–Crippen MR) is 66.2 cm³/mol. The first-order valence-corrected chi connectivity index (χ1v) is 5.81. The van der Waals surface area contributed by atoms with Crippen LogP contribution >= 0.6 is 0 Å². The molecule has 0 spiro atoms. The summed E-state index contributed by atoms with van der Waals surface area (Å²) in [6.45, 7) is 4.95. The summed E-state index contributed by atoms with van der Waals surface area (Å²) >= 11 is 0. The number of carboxylic acids is 1. The van der Waals surface area contributed by atoms with E-state index in [9.17, 15) is 4.79 Å². The molecule has 17 heavy (non-hydrogen) atoms. The topological polar surface area (TPSA) is 58.6 Å². The summed E-state index contributed by atoms with van der Waals surface area (Å²) in [6.07, 6.45) is 0.986. The molecule has 0 radical (unpaired) electrons. The van der Waals surface area contributed by atoms with Gasteiger partial charge in [0.05, 0.1) is 6.61 Å². The van der Waals surface area contributed by atoms with Crippen molar-refractivity contribution in [3.8, 4) is 5.75 Å². The van der Waals surface area contributed by atoms with E-state index in [4.69, 9.17) is 9.84 Å². The zero-order chi connectivity index (χ0) is 12.7. The molecule has 0 fully saturated rings. The molecule has 0 heterocycles. The Morgan fingerprint density at radius 3 is 2.59 bits per heavy atom. The fourth-order valence-corrected chi connectivity index (χ4v) is 1.28. The Kier molecular flexibility index (Phi) is 5.49. The van der Waals surface area contributed by atoms with E-state index in [2.05, 4.69) is 12.2 Å². The summed E-state index contributed by atoms with van der Waals surface area (Å²) in [5, 5.41) is 11.6. The van der Waals surface area contributed by atoms with E-state index in [1.54, 1.807) is 6.92 Å². The molecule has 0 saturated carbocycles. The van der Waals surface area contributed by atoms with Crippen LogP contribution in [-0.4, -0.2) is 23.7 Å². The highest BCUT2D eigenvalue weighted by atomic mass is 16.5. The van der Waals surface area contributed by atoms with Gasteiger partial charge in [0.25, 0.3) is 0 Å². The molecule has 0 amide bonds. The maximum Gasteiger partial charge on any atom is 0.320 e. The summed E-state index contributed by atoms with van der Waals surface area (Å²) in [6, 6.07) is 7.14. The van der Waals surface area contributed by atoms with E-state index in [0.29, 0.717) is 13.2 Å². The molecule has 94 valence electrons. The van der Waals surface area contributed by atoms with Gasteiger partial charge in [-0.1, -0.05) is 19.1 Å². The van der Waals surface area contributed by atoms with E-state index < -0.39 is 12.0 Å². The zero-order valence-electron chi connectivity index (χ0n) is 10.3. The first-order chi connectivity index (χ1) is 8.13. The Balaban J connectivity index is 2.42. The fourth-order valence-electron chi connectivity index (χ4n) is 1.28. The lowest BCUT2D eigenvalue weighted by molar-refractivity contribution is -0.139. The standard InChI is InChI=1S/C13H19NO3/c1-3-8-17-12-6-4-11(5-7-12)9-14-10(2)13(15)16/h4-7,10,14H,3,8-9H2,1-2H3,(H,15,16). The molecular formula is C13H19NO3. The van der Waals surface area contributed by atoms with Crippen molar-refractivity contribution < 1.29 is 14.6 Å². The minimum absolute atomic E-state index is 0.536. The van der Waals surface area contributed by atoms with Crippen LogP contribution in [0.25, 0.3) is 0 Å². The first-order valence-electron chi connectivity index (χ1n) is 5.81. The van der Waals surface area contributed by atoms with Crippen LogP contribution in [0.4, 0.5) is 0 Å². The van der Waals surface area contributed by atoms with Gasteiger partial charge in [-0.3, -0.25) is 4.79 Å². The van der Waals surface area contributed by atoms with Gasteiger partial charge in [0, 0.05) is 6.54 Å². The van der Waals surface area contributed by atoms with Crippen molar-refractivity contribution in [3.63, 3.8) is 0 Å². The molecule has 0 aliphatic carbocycles. The van der Waals surface area contributed by atoms with E-state index in [-0.39, 0.29) is 0 Å². The molecule has 1 rings (SSSR count). The normalized spacial score (nSPS) is 12.1. The van der Waals surface area contributed by atoms with E-state index in [0.717, 1.165) is 17.7 Å². The molecule has 0 bridgehead atoms.